The first-order valence-electron chi connectivity index (χ1n) is 5.10. The summed E-state index contributed by atoms with van der Waals surface area (Å²) in [7, 11) is 0. The van der Waals surface area contributed by atoms with Gasteiger partial charge in [0.15, 0.2) is 0 Å². The quantitative estimate of drug-likeness (QED) is 0.728. The molecule has 1 aliphatic heterocycles. The van der Waals surface area contributed by atoms with Gasteiger partial charge in [0.2, 0.25) is 0 Å². The molecule has 1 aliphatic rings. The van der Waals surface area contributed by atoms with Crippen LogP contribution >= 0.6 is 0 Å². The number of fused-ring (bicyclic) bond motifs is 1. The van der Waals surface area contributed by atoms with Crippen LogP contribution in [0.5, 0.6) is 0 Å². The van der Waals surface area contributed by atoms with Crippen LogP contribution in [0.2, 0.25) is 0 Å². The fourth-order valence-corrected chi connectivity index (χ4v) is 2.09. The lowest BCUT2D eigenvalue weighted by molar-refractivity contribution is 0.526. The third-order valence-electron chi connectivity index (χ3n) is 2.60. The number of para-hydroxylation sites is 1. The third kappa shape index (κ3) is 1.85. The standard InChI is InChI=1S/C12H17N/c1-9(2)7-11-8-10-5-3-4-6-12(10)13-11/h3-6,9,11,13H,7-8H2,1-2H3. The highest BCUT2D eigenvalue weighted by Crippen LogP contribution is 2.27. The molecular weight excluding hydrogens is 158 g/mol. The predicted molar refractivity (Wildman–Crippen MR) is 57.0 cm³/mol. The molecule has 2 rings (SSSR count). The van der Waals surface area contributed by atoms with E-state index in [9.17, 15) is 0 Å². The largest absolute Gasteiger partial charge is 0.382 e. The van der Waals surface area contributed by atoms with Gasteiger partial charge in [-0.2, -0.15) is 0 Å². The maximum atomic E-state index is 3.57. The normalized spacial score (nSPS) is 20.1. The zero-order valence-corrected chi connectivity index (χ0v) is 8.38. The van der Waals surface area contributed by atoms with Crippen LogP contribution < -0.4 is 5.32 Å². The van der Waals surface area contributed by atoms with Crippen LogP contribution in [-0.2, 0) is 6.42 Å². The van der Waals surface area contributed by atoms with Gasteiger partial charge in [-0.3, -0.25) is 0 Å². The Kier molecular flexibility index (Phi) is 2.26. The molecule has 0 saturated carbocycles. The molecule has 13 heavy (non-hydrogen) atoms. The van der Waals surface area contributed by atoms with Crippen LogP contribution in [0, 0.1) is 5.92 Å². The van der Waals surface area contributed by atoms with E-state index in [2.05, 4.69) is 43.4 Å². The first-order valence-corrected chi connectivity index (χ1v) is 5.10. The number of hydrogen-bond acceptors (Lipinski definition) is 1. The summed E-state index contributed by atoms with van der Waals surface area (Å²) in [5.74, 6) is 0.784. The van der Waals surface area contributed by atoms with Crippen LogP contribution in [0.3, 0.4) is 0 Å². The minimum atomic E-state index is 0.664. The molecule has 1 heterocycles. The molecule has 0 aliphatic carbocycles. The molecule has 0 bridgehead atoms. The predicted octanol–water partition coefficient (Wildman–Crippen LogP) is 3.07. The van der Waals surface area contributed by atoms with Crippen molar-refractivity contribution >= 4 is 5.69 Å². The van der Waals surface area contributed by atoms with E-state index in [0.717, 1.165) is 5.92 Å². The van der Waals surface area contributed by atoms with Crippen molar-refractivity contribution in [2.75, 3.05) is 5.32 Å². The van der Waals surface area contributed by atoms with Crippen molar-refractivity contribution in [2.45, 2.75) is 32.7 Å². The van der Waals surface area contributed by atoms with Gasteiger partial charge in [-0.15, -0.1) is 0 Å². The Morgan fingerprint density at radius 3 is 2.85 bits per heavy atom. The Bertz CT molecular complexity index is 266. The summed E-state index contributed by atoms with van der Waals surface area (Å²) >= 11 is 0. The van der Waals surface area contributed by atoms with E-state index in [4.69, 9.17) is 0 Å². The second-order valence-corrected chi connectivity index (χ2v) is 4.33. The second-order valence-electron chi connectivity index (χ2n) is 4.33. The SMILES string of the molecule is CC(C)CC1Cc2ccccc2N1. The van der Waals surface area contributed by atoms with E-state index >= 15 is 0 Å². The molecule has 1 unspecified atom stereocenters. The van der Waals surface area contributed by atoms with Crippen LogP contribution in [0.15, 0.2) is 24.3 Å². The highest BCUT2D eigenvalue weighted by Gasteiger charge is 2.19. The van der Waals surface area contributed by atoms with Crippen molar-refractivity contribution in [2.24, 2.45) is 5.92 Å². The van der Waals surface area contributed by atoms with Crippen molar-refractivity contribution in [1.82, 2.24) is 0 Å². The molecule has 70 valence electrons. The first kappa shape index (κ1) is 8.61. The molecule has 0 aromatic heterocycles. The van der Waals surface area contributed by atoms with Gasteiger partial charge in [-0.1, -0.05) is 32.0 Å². The molecule has 1 N–H and O–H groups in total. The Labute approximate surface area is 80.2 Å². The molecule has 0 amide bonds. The van der Waals surface area contributed by atoms with Gasteiger partial charge < -0.3 is 5.32 Å². The van der Waals surface area contributed by atoms with Crippen LogP contribution in [-0.4, -0.2) is 6.04 Å². The summed E-state index contributed by atoms with van der Waals surface area (Å²) in [6, 6.07) is 9.29. The van der Waals surface area contributed by atoms with Gasteiger partial charge in [0.1, 0.15) is 0 Å². The van der Waals surface area contributed by atoms with Gasteiger partial charge in [0.05, 0.1) is 0 Å². The lowest BCUT2D eigenvalue weighted by Crippen LogP contribution is -2.17. The van der Waals surface area contributed by atoms with Gasteiger partial charge >= 0.3 is 0 Å². The van der Waals surface area contributed by atoms with Crippen LogP contribution in [0.4, 0.5) is 5.69 Å². The van der Waals surface area contributed by atoms with Crippen molar-refractivity contribution in [1.29, 1.82) is 0 Å². The first-order chi connectivity index (χ1) is 6.25. The van der Waals surface area contributed by atoms with E-state index in [1.54, 1.807) is 0 Å². The number of hydrogen-bond donors (Lipinski definition) is 1. The minimum Gasteiger partial charge on any atom is -0.382 e. The number of benzene rings is 1. The molecule has 1 aromatic rings. The number of nitrogens with one attached hydrogen (secondary N) is 1. The monoisotopic (exact) mass is 175 g/mol. The van der Waals surface area contributed by atoms with Crippen molar-refractivity contribution in [3.8, 4) is 0 Å². The fourth-order valence-electron chi connectivity index (χ4n) is 2.09. The van der Waals surface area contributed by atoms with E-state index in [0.29, 0.717) is 6.04 Å². The maximum Gasteiger partial charge on any atom is 0.0375 e. The summed E-state index contributed by atoms with van der Waals surface area (Å²) in [4.78, 5) is 0. The fraction of sp³-hybridized carbons (Fsp3) is 0.500. The molecule has 1 nitrogen and oxygen atoms in total. The summed E-state index contributed by atoms with van der Waals surface area (Å²) in [5.41, 5.74) is 2.82. The molecule has 1 aromatic carbocycles. The smallest absolute Gasteiger partial charge is 0.0375 e. The van der Waals surface area contributed by atoms with E-state index in [1.807, 2.05) is 0 Å². The van der Waals surface area contributed by atoms with Crippen molar-refractivity contribution in [3.05, 3.63) is 29.8 Å². The molecular formula is C12H17N. The van der Waals surface area contributed by atoms with Crippen LogP contribution in [0.1, 0.15) is 25.8 Å². The lowest BCUT2D eigenvalue weighted by atomic mass is 10.0. The Morgan fingerprint density at radius 2 is 2.15 bits per heavy atom. The van der Waals surface area contributed by atoms with Gasteiger partial charge in [-0.05, 0) is 30.4 Å². The zero-order valence-electron chi connectivity index (χ0n) is 8.38. The van der Waals surface area contributed by atoms with Gasteiger partial charge in [-0.25, -0.2) is 0 Å². The highest BCUT2D eigenvalue weighted by molar-refractivity contribution is 5.56. The maximum absolute atomic E-state index is 3.57. The Balaban J connectivity index is 2.05. The molecule has 0 spiro atoms. The summed E-state index contributed by atoms with van der Waals surface area (Å²) in [5, 5.41) is 3.57. The number of rotatable bonds is 2. The summed E-state index contributed by atoms with van der Waals surface area (Å²) < 4.78 is 0. The Morgan fingerprint density at radius 1 is 1.38 bits per heavy atom. The lowest BCUT2D eigenvalue weighted by Gasteiger charge is -2.13. The highest BCUT2D eigenvalue weighted by atomic mass is 14.9. The van der Waals surface area contributed by atoms with Gasteiger partial charge in [0, 0.05) is 11.7 Å². The molecule has 0 saturated heterocycles. The van der Waals surface area contributed by atoms with E-state index in [1.165, 1.54) is 24.1 Å². The third-order valence-corrected chi connectivity index (χ3v) is 2.60. The van der Waals surface area contributed by atoms with E-state index < -0.39 is 0 Å². The van der Waals surface area contributed by atoms with Crippen molar-refractivity contribution in [3.63, 3.8) is 0 Å². The minimum absolute atomic E-state index is 0.664. The molecule has 0 fully saturated rings. The molecule has 0 radical (unpaired) electrons. The zero-order chi connectivity index (χ0) is 9.26. The summed E-state index contributed by atoms with van der Waals surface area (Å²) in [6.45, 7) is 4.56. The second kappa shape index (κ2) is 3.41. The number of anilines is 1. The topological polar surface area (TPSA) is 12.0 Å². The van der Waals surface area contributed by atoms with Crippen LogP contribution in [0.25, 0.3) is 0 Å². The van der Waals surface area contributed by atoms with Gasteiger partial charge in [0.25, 0.3) is 0 Å². The summed E-state index contributed by atoms with van der Waals surface area (Å²) in [6.07, 6.45) is 2.48. The molecule has 1 atom stereocenters. The molecule has 1 heteroatoms. The van der Waals surface area contributed by atoms with Crippen molar-refractivity contribution < 1.29 is 0 Å². The van der Waals surface area contributed by atoms with E-state index in [-0.39, 0.29) is 0 Å². The average Bonchev–Trinajstić information content (AvgIpc) is 2.44. The Hall–Kier alpha value is -0.980. The average molecular weight is 175 g/mol.